The van der Waals surface area contributed by atoms with Crippen molar-refractivity contribution in [3.8, 4) is 22.6 Å². The molecule has 0 bridgehead atoms. The topological polar surface area (TPSA) is 101 Å². The third-order valence-corrected chi connectivity index (χ3v) is 3.39. The van der Waals surface area contributed by atoms with E-state index in [9.17, 15) is 31.8 Å². The lowest BCUT2D eigenvalue weighted by Gasteiger charge is -2.13. The Morgan fingerprint density at radius 2 is 1.68 bits per heavy atom. The second-order valence-electron chi connectivity index (χ2n) is 4.75. The second-order valence-corrected chi connectivity index (χ2v) is 5.68. The van der Waals surface area contributed by atoms with Crippen LogP contribution < -0.4 is 5.73 Å². The third-order valence-electron chi connectivity index (χ3n) is 3.09. The van der Waals surface area contributed by atoms with E-state index >= 15 is 0 Å². The fourth-order valence-corrected chi connectivity index (χ4v) is 1.89. The van der Waals surface area contributed by atoms with Crippen LogP contribution in [0.3, 0.4) is 0 Å². The van der Waals surface area contributed by atoms with Crippen molar-refractivity contribution in [1.29, 1.82) is 0 Å². The van der Waals surface area contributed by atoms with Gasteiger partial charge in [0, 0.05) is 12.0 Å². The lowest BCUT2D eigenvalue weighted by atomic mass is 9.96. The van der Waals surface area contributed by atoms with Gasteiger partial charge in [-0.2, -0.15) is 13.2 Å². The van der Waals surface area contributed by atoms with Gasteiger partial charge in [-0.25, -0.2) is 8.42 Å². The molecule has 136 valence electrons. The quantitative estimate of drug-likeness (QED) is 0.488. The zero-order chi connectivity index (χ0) is 19.2. The van der Waals surface area contributed by atoms with Crippen molar-refractivity contribution in [2.45, 2.75) is 12.7 Å². The molecule has 0 fully saturated rings. The highest BCUT2D eigenvalue weighted by Gasteiger charge is 2.31. The summed E-state index contributed by atoms with van der Waals surface area (Å²) < 4.78 is 56.8. The molecule has 0 aromatic heterocycles. The third kappa shape index (κ3) is 5.80. The Bertz CT molecular complexity index is 825. The summed E-state index contributed by atoms with van der Waals surface area (Å²) in [5.41, 5.74) is 5.87. The summed E-state index contributed by atoms with van der Waals surface area (Å²) in [6, 6.07) is 7.08. The number of benzene rings is 2. The number of phenols is 2. The van der Waals surface area contributed by atoms with Crippen LogP contribution >= 0.6 is 0 Å². The van der Waals surface area contributed by atoms with Crippen LogP contribution in [-0.2, 0) is 23.4 Å². The number of halogens is 3. The lowest BCUT2D eigenvalue weighted by molar-refractivity contribution is -0.137. The Kier molecular flexibility index (Phi) is 7.01. The van der Waals surface area contributed by atoms with Gasteiger partial charge in [-0.05, 0) is 41.0 Å². The van der Waals surface area contributed by atoms with Crippen molar-refractivity contribution in [1.82, 2.24) is 0 Å². The molecule has 0 saturated carbocycles. The first-order chi connectivity index (χ1) is 11.6. The van der Waals surface area contributed by atoms with Crippen molar-refractivity contribution in [3.63, 3.8) is 0 Å². The van der Waals surface area contributed by atoms with E-state index in [1.807, 2.05) is 0 Å². The fraction of sp³-hybridized carbons (Fsp3) is 0.125. The van der Waals surface area contributed by atoms with Crippen molar-refractivity contribution < 1.29 is 31.8 Å². The predicted octanol–water partition coefficient (Wildman–Crippen LogP) is 2.98. The minimum Gasteiger partial charge on any atom is -0.504 e. The van der Waals surface area contributed by atoms with Gasteiger partial charge in [-0.1, -0.05) is 18.7 Å². The lowest BCUT2D eigenvalue weighted by Crippen LogP contribution is -2.07. The molecule has 0 spiro atoms. The molecule has 2 rings (SSSR count). The van der Waals surface area contributed by atoms with Crippen LogP contribution in [0.15, 0.2) is 48.4 Å². The average Bonchev–Trinajstić information content (AvgIpc) is 2.56. The van der Waals surface area contributed by atoms with E-state index in [4.69, 9.17) is 5.73 Å². The molecule has 0 aliphatic heterocycles. The smallest absolute Gasteiger partial charge is 0.416 e. The molecule has 0 aliphatic carbocycles. The molecule has 25 heavy (non-hydrogen) atoms. The fourth-order valence-electron chi connectivity index (χ4n) is 1.89. The van der Waals surface area contributed by atoms with Gasteiger partial charge < -0.3 is 15.9 Å². The predicted molar refractivity (Wildman–Crippen MR) is 88.6 cm³/mol. The van der Waals surface area contributed by atoms with E-state index < -0.39 is 28.2 Å². The van der Waals surface area contributed by atoms with Gasteiger partial charge in [0.25, 0.3) is 0 Å². The molecular weight excluding hydrogens is 359 g/mol. The van der Waals surface area contributed by atoms with Crippen LogP contribution in [0.5, 0.6) is 11.5 Å². The summed E-state index contributed by atoms with van der Waals surface area (Å²) in [5.74, 6) is -0.738. The molecule has 0 unspecified atom stereocenters. The number of nitrogens with two attached hydrogens (primary N) is 1. The van der Waals surface area contributed by atoms with Crippen LogP contribution in [0.1, 0.15) is 11.1 Å². The Morgan fingerprint density at radius 3 is 2.12 bits per heavy atom. The van der Waals surface area contributed by atoms with Crippen molar-refractivity contribution in [2.24, 2.45) is 5.73 Å². The molecule has 0 saturated heterocycles. The van der Waals surface area contributed by atoms with Crippen LogP contribution in [0.2, 0.25) is 0 Å². The Hall–Kier alpha value is -2.52. The number of aromatic hydroxyl groups is 2. The van der Waals surface area contributed by atoms with E-state index in [2.05, 4.69) is 6.58 Å². The average molecular weight is 375 g/mol. The number of rotatable bonds is 3. The van der Waals surface area contributed by atoms with E-state index in [1.165, 1.54) is 24.3 Å². The van der Waals surface area contributed by atoms with Crippen LogP contribution in [0.4, 0.5) is 13.2 Å². The zero-order valence-corrected chi connectivity index (χ0v) is 13.7. The summed E-state index contributed by atoms with van der Waals surface area (Å²) in [7, 11) is -2.33. The van der Waals surface area contributed by atoms with Gasteiger partial charge in [0.1, 0.15) is 0 Å². The first-order valence-corrected chi connectivity index (χ1v) is 8.03. The zero-order valence-electron chi connectivity index (χ0n) is 12.8. The highest BCUT2D eigenvalue weighted by atomic mass is 32.2. The van der Waals surface area contributed by atoms with Gasteiger partial charge in [-0.15, -0.1) is 0 Å². The summed E-state index contributed by atoms with van der Waals surface area (Å²) in [6.45, 7) is 3.03. The maximum atomic E-state index is 12.7. The first-order valence-electron chi connectivity index (χ1n) is 6.78. The maximum Gasteiger partial charge on any atom is 0.416 e. The number of thiol groups is 1. The Labute approximate surface area is 143 Å². The highest BCUT2D eigenvalue weighted by molar-refractivity contribution is 7.75. The SMILES string of the molecule is C=C[SH](=O)=O.NCc1ccc(C(F)(F)F)cc1-c1ccc(O)c(O)c1. The standard InChI is InChI=1S/C14H12F3NO2.C2H4O2S/c15-14(16,17)10-3-1-9(7-18)11(6-10)8-2-4-12(19)13(20)5-8;1-2-5(3)4/h1-6,19-20H,7,18H2;2,5H,1H2. The summed E-state index contributed by atoms with van der Waals surface area (Å²) in [6.07, 6.45) is -4.46. The minimum atomic E-state index is -4.46. The Morgan fingerprint density at radius 1 is 1.08 bits per heavy atom. The molecular formula is C16H16F3NO4S. The van der Waals surface area contributed by atoms with Gasteiger partial charge in [-0.3, -0.25) is 0 Å². The Balaban J connectivity index is 0.000000550. The molecule has 0 aliphatic rings. The van der Waals surface area contributed by atoms with E-state index in [0.29, 0.717) is 11.1 Å². The van der Waals surface area contributed by atoms with Crippen molar-refractivity contribution in [2.75, 3.05) is 0 Å². The van der Waals surface area contributed by atoms with Gasteiger partial charge in [0.05, 0.1) is 5.56 Å². The normalized spacial score (nSPS) is 10.9. The number of hydrogen-bond donors (Lipinski definition) is 4. The molecule has 2 aromatic carbocycles. The van der Waals surface area contributed by atoms with Crippen LogP contribution in [0, 0.1) is 0 Å². The van der Waals surface area contributed by atoms with Crippen molar-refractivity contribution in [3.05, 3.63) is 59.5 Å². The van der Waals surface area contributed by atoms with E-state index in [0.717, 1.165) is 17.5 Å². The number of alkyl halides is 3. The van der Waals surface area contributed by atoms with E-state index in [1.54, 1.807) is 0 Å². The summed E-state index contributed by atoms with van der Waals surface area (Å²) >= 11 is 0. The highest BCUT2D eigenvalue weighted by Crippen LogP contribution is 2.36. The summed E-state index contributed by atoms with van der Waals surface area (Å²) in [4.78, 5) is 0. The molecule has 0 radical (unpaired) electrons. The van der Waals surface area contributed by atoms with Crippen molar-refractivity contribution >= 4 is 10.7 Å². The monoisotopic (exact) mass is 375 g/mol. The molecule has 0 heterocycles. The molecule has 5 nitrogen and oxygen atoms in total. The van der Waals surface area contributed by atoms with Gasteiger partial charge >= 0.3 is 6.18 Å². The molecule has 9 heteroatoms. The van der Waals surface area contributed by atoms with E-state index in [-0.39, 0.29) is 17.9 Å². The second kappa shape index (κ2) is 8.54. The molecule has 4 N–H and O–H groups in total. The minimum absolute atomic E-state index is 0.0646. The van der Waals surface area contributed by atoms with Crippen LogP contribution in [-0.4, -0.2) is 18.6 Å². The maximum absolute atomic E-state index is 12.7. The molecule has 0 amide bonds. The largest absolute Gasteiger partial charge is 0.504 e. The number of hydrogen-bond acceptors (Lipinski definition) is 5. The van der Waals surface area contributed by atoms with Gasteiger partial charge in [0.2, 0.25) is 0 Å². The molecule has 2 aromatic rings. The van der Waals surface area contributed by atoms with Gasteiger partial charge in [0.15, 0.2) is 22.2 Å². The van der Waals surface area contributed by atoms with Crippen LogP contribution in [0.25, 0.3) is 11.1 Å². The molecule has 0 atom stereocenters. The first kappa shape index (κ1) is 20.5. The number of phenolic OH excluding ortho intramolecular Hbond substituents is 2. The summed E-state index contributed by atoms with van der Waals surface area (Å²) in [5, 5.41) is 19.6.